The van der Waals surface area contributed by atoms with Crippen LogP contribution < -0.4 is 0 Å². The zero-order chi connectivity index (χ0) is 9.23. The Morgan fingerprint density at radius 1 is 1.36 bits per heavy atom. The average molecular weight is 171 g/mol. The summed E-state index contributed by atoms with van der Waals surface area (Å²) in [6, 6.07) is 0. The van der Waals surface area contributed by atoms with Gasteiger partial charge in [0.05, 0.1) is 4.99 Å². The van der Waals surface area contributed by atoms with Crippen LogP contribution in [0.25, 0.3) is 0 Å². The van der Waals surface area contributed by atoms with E-state index in [1.54, 1.807) is 0 Å². The molecule has 0 atom stereocenters. The molecule has 2 heteroatoms. The molecule has 0 aromatic heterocycles. The van der Waals surface area contributed by atoms with E-state index in [0.29, 0.717) is 0 Å². The van der Waals surface area contributed by atoms with Crippen molar-refractivity contribution < 1.29 is 0 Å². The van der Waals surface area contributed by atoms with Crippen molar-refractivity contribution >= 4 is 17.2 Å². The van der Waals surface area contributed by atoms with Crippen molar-refractivity contribution in [1.82, 2.24) is 4.90 Å². The van der Waals surface area contributed by atoms with Gasteiger partial charge in [-0.1, -0.05) is 39.6 Å². The molecule has 0 heterocycles. The van der Waals surface area contributed by atoms with Crippen molar-refractivity contribution in [3.8, 4) is 0 Å². The fraction of sp³-hybridized carbons (Fsp3) is 0.667. The monoisotopic (exact) mass is 171 g/mol. The molecule has 0 aromatic carbocycles. The number of hydrogen-bond acceptors (Lipinski definition) is 1. The predicted molar refractivity (Wildman–Crippen MR) is 54.6 cm³/mol. The first kappa shape index (κ1) is 10.6. The third-order valence-corrected chi connectivity index (χ3v) is 2.41. The van der Waals surface area contributed by atoms with E-state index in [-0.39, 0.29) is 5.41 Å². The Hall–Kier alpha value is -0.370. The van der Waals surface area contributed by atoms with Crippen molar-refractivity contribution in [1.29, 1.82) is 0 Å². The second-order valence-corrected chi connectivity index (χ2v) is 4.24. The number of nitrogens with zero attached hydrogens (tertiary/aromatic N) is 1. The van der Waals surface area contributed by atoms with Gasteiger partial charge in [-0.25, -0.2) is 0 Å². The van der Waals surface area contributed by atoms with E-state index in [0.717, 1.165) is 10.7 Å². The Kier molecular flexibility index (Phi) is 3.24. The largest absolute Gasteiger partial charge is 0.343 e. The fourth-order valence-electron chi connectivity index (χ4n) is 0.676. The maximum absolute atomic E-state index is 5.26. The average Bonchev–Trinajstić information content (AvgIpc) is 1.82. The molecule has 0 aromatic rings. The molecule has 0 radical (unpaired) electrons. The predicted octanol–water partition coefficient (Wildman–Crippen LogP) is 2.83. The first-order chi connectivity index (χ1) is 4.76. The summed E-state index contributed by atoms with van der Waals surface area (Å²) in [4.78, 5) is 2.89. The first-order valence-electron chi connectivity index (χ1n) is 3.70. The summed E-state index contributed by atoms with van der Waals surface area (Å²) in [6.07, 6.45) is 0. The van der Waals surface area contributed by atoms with E-state index >= 15 is 0 Å². The van der Waals surface area contributed by atoms with Crippen LogP contribution >= 0.6 is 12.2 Å². The number of hydrogen-bond donors (Lipinski definition) is 0. The summed E-state index contributed by atoms with van der Waals surface area (Å²) in [5.41, 5.74) is 1.05. The zero-order valence-corrected chi connectivity index (χ0v) is 8.88. The molecule has 0 saturated heterocycles. The Bertz CT molecular complexity index is 176. The molecule has 0 amide bonds. The molecule has 0 saturated carbocycles. The molecule has 0 bridgehead atoms. The second kappa shape index (κ2) is 3.35. The van der Waals surface area contributed by atoms with Crippen molar-refractivity contribution in [2.45, 2.75) is 27.7 Å². The Morgan fingerprint density at radius 3 is 1.82 bits per heavy atom. The lowest BCUT2D eigenvalue weighted by Crippen LogP contribution is -2.33. The van der Waals surface area contributed by atoms with E-state index in [1.807, 2.05) is 18.9 Å². The molecule has 0 N–H and O–H groups in total. The minimum atomic E-state index is 0.0586. The fourth-order valence-corrected chi connectivity index (χ4v) is 0.832. The van der Waals surface area contributed by atoms with Crippen LogP contribution in [-0.4, -0.2) is 16.9 Å². The lowest BCUT2D eigenvalue weighted by molar-refractivity contribution is 0.502. The van der Waals surface area contributed by atoms with Gasteiger partial charge in [0.1, 0.15) is 0 Å². The van der Waals surface area contributed by atoms with E-state index in [4.69, 9.17) is 12.2 Å². The van der Waals surface area contributed by atoms with Crippen LogP contribution in [0.4, 0.5) is 0 Å². The van der Waals surface area contributed by atoms with Gasteiger partial charge in [-0.3, -0.25) is 0 Å². The van der Waals surface area contributed by atoms with Gasteiger partial charge < -0.3 is 4.90 Å². The van der Waals surface area contributed by atoms with Gasteiger partial charge in [0, 0.05) is 18.2 Å². The topological polar surface area (TPSA) is 3.24 Å². The number of rotatable bonds is 1. The van der Waals surface area contributed by atoms with Crippen molar-refractivity contribution in [2.75, 3.05) is 7.05 Å². The van der Waals surface area contributed by atoms with Gasteiger partial charge >= 0.3 is 0 Å². The number of thiocarbonyl (C=S) groups is 1. The summed E-state index contributed by atoms with van der Waals surface area (Å²) in [6.45, 7) is 12.1. The van der Waals surface area contributed by atoms with E-state index in [1.165, 1.54) is 0 Å². The zero-order valence-electron chi connectivity index (χ0n) is 8.06. The highest BCUT2D eigenvalue weighted by Gasteiger charge is 2.20. The van der Waals surface area contributed by atoms with Crippen LogP contribution in [0.3, 0.4) is 0 Å². The third kappa shape index (κ3) is 3.02. The van der Waals surface area contributed by atoms with Crippen LogP contribution in [0.5, 0.6) is 0 Å². The standard InChI is InChI=1S/C9H17NS/c1-7(2)10(6)8(11)9(3,4)5/h1H2,2-6H3. The van der Waals surface area contributed by atoms with E-state index < -0.39 is 0 Å². The highest BCUT2D eigenvalue weighted by molar-refractivity contribution is 7.80. The van der Waals surface area contributed by atoms with Crippen LogP contribution in [0, 0.1) is 5.41 Å². The van der Waals surface area contributed by atoms with Gasteiger partial charge in [-0.05, 0) is 6.92 Å². The van der Waals surface area contributed by atoms with Crippen molar-refractivity contribution in [2.24, 2.45) is 5.41 Å². The highest BCUT2D eigenvalue weighted by atomic mass is 32.1. The van der Waals surface area contributed by atoms with Gasteiger partial charge in [0.25, 0.3) is 0 Å². The summed E-state index contributed by atoms with van der Waals surface area (Å²) in [7, 11) is 1.95. The Balaban J connectivity index is 4.39. The van der Waals surface area contributed by atoms with Crippen LogP contribution in [0.1, 0.15) is 27.7 Å². The van der Waals surface area contributed by atoms with Crippen molar-refractivity contribution in [3.63, 3.8) is 0 Å². The molecule has 0 aliphatic rings. The molecule has 0 unspecified atom stereocenters. The molecular formula is C9H17NS. The molecule has 0 aliphatic heterocycles. The number of allylic oxidation sites excluding steroid dienone is 1. The highest BCUT2D eigenvalue weighted by Crippen LogP contribution is 2.19. The second-order valence-electron chi connectivity index (χ2n) is 3.85. The summed E-state index contributed by atoms with van der Waals surface area (Å²) in [5.74, 6) is 0. The molecule has 0 spiro atoms. The Morgan fingerprint density at radius 2 is 1.73 bits per heavy atom. The minimum Gasteiger partial charge on any atom is -0.343 e. The summed E-state index contributed by atoms with van der Waals surface area (Å²) < 4.78 is 0. The summed E-state index contributed by atoms with van der Waals surface area (Å²) in [5, 5.41) is 0. The van der Waals surface area contributed by atoms with Gasteiger partial charge in [-0.2, -0.15) is 0 Å². The van der Waals surface area contributed by atoms with E-state index in [9.17, 15) is 0 Å². The quantitative estimate of drug-likeness (QED) is 0.558. The Labute approximate surface area is 75.1 Å². The smallest absolute Gasteiger partial charge is 0.0872 e. The third-order valence-electron chi connectivity index (χ3n) is 1.52. The van der Waals surface area contributed by atoms with E-state index in [2.05, 4.69) is 27.4 Å². The molecule has 0 rings (SSSR count). The van der Waals surface area contributed by atoms with Crippen molar-refractivity contribution in [3.05, 3.63) is 12.3 Å². The molecule has 64 valence electrons. The van der Waals surface area contributed by atoms with Gasteiger partial charge in [-0.15, -0.1) is 0 Å². The van der Waals surface area contributed by atoms with Gasteiger partial charge in [0.15, 0.2) is 0 Å². The molecule has 11 heavy (non-hydrogen) atoms. The maximum Gasteiger partial charge on any atom is 0.0872 e. The minimum absolute atomic E-state index is 0.0586. The molecule has 0 aliphatic carbocycles. The van der Waals surface area contributed by atoms with Gasteiger partial charge in [0.2, 0.25) is 0 Å². The summed E-state index contributed by atoms with van der Waals surface area (Å²) >= 11 is 5.26. The van der Waals surface area contributed by atoms with Crippen LogP contribution in [0.15, 0.2) is 12.3 Å². The lowest BCUT2D eigenvalue weighted by Gasteiger charge is -2.29. The van der Waals surface area contributed by atoms with Crippen LogP contribution in [0.2, 0.25) is 0 Å². The lowest BCUT2D eigenvalue weighted by atomic mass is 9.96. The molecular weight excluding hydrogens is 154 g/mol. The molecule has 0 fully saturated rings. The molecule has 1 nitrogen and oxygen atoms in total. The SMILES string of the molecule is C=C(C)N(C)C(=S)C(C)(C)C. The maximum atomic E-state index is 5.26. The normalized spacial score (nSPS) is 11.0. The first-order valence-corrected chi connectivity index (χ1v) is 4.11. The van der Waals surface area contributed by atoms with Crippen LogP contribution in [-0.2, 0) is 0 Å².